The zero-order chi connectivity index (χ0) is 14.2. The lowest BCUT2D eigenvalue weighted by Gasteiger charge is -2.34. The van der Waals surface area contributed by atoms with E-state index in [-0.39, 0.29) is 5.92 Å². The van der Waals surface area contributed by atoms with E-state index in [2.05, 4.69) is 5.32 Å². The van der Waals surface area contributed by atoms with E-state index >= 15 is 0 Å². The number of aliphatic hydroxyl groups is 1. The molecule has 3 unspecified atom stereocenters. The molecule has 2 rings (SSSR count). The number of nitrogens with one attached hydrogen (secondary N) is 1. The highest BCUT2D eigenvalue weighted by atomic mass is 16.4. The van der Waals surface area contributed by atoms with E-state index in [0.717, 1.165) is 19.3 Å². The van der Waals surface area contributed by atoms with Gasteiger partial charge in [-0.2, -0.15) is 5.26 Å². The van der Waals surface area contributed by atoms with Crippen LogP contribution in [0, 0.1) is 23.2 Å². The topological polar surface area (TPSA) is 110 Å². The van der Waals surface area contributed by atoms with Gasteiger partial charge in [-0.25, -0.2) is 4.79 Å². The number of carbonyl (C=O) groups excluding carboxylic acids is 1. The lowest BCUT2D eigenvalue weighted by Crippen LogP contribution is -2.58. The maximum atomic E-state index is 11.9. The number of aliphatic carboxylic acids is 1. The molecule has 0 saturated heterocycles. The van der Waals surface area contributed by atoms with Crippen molar-refractivity contribution in [2.75, 3.05) is 0 Å². The molecular formula is C13H16N2O4. The largest absolute Gasteiger partial charge is 0.511 e. The van der Waals surface area contributed by atoms with E-state index in [1.54, 1.807) is 6.07 Å². The van der Waals surface area contributed by atoms with Gasteiger partial charge in [-0.1, -0.05) is 0 Å². The number of allylic oxidation sites excluding steroid dienone is 1. The quantitative estimate of drug-likeness (QED) is 0.401. The van der Waals surface area contributed by atoms with E-state index in [9.17, 15) is 19.8 Å². The van der Waals surface area contributed by atoms with Gasteiger partial charge in [0.25, 0.3) is 5.91 Å². The van der Waals surface area contributed by atoms with Gasteiger partial charge >= 0.3 is 5.97 Å². The number of fused-ring (bicyclic) bond motifs is 2. The summed E-state index contributed by atoms with van der Waals surface area (Å²) in [5.74, 6) is -2.02. The van der Waals surface area contributed by atoms with E-state index in [1.165, 1.54) is 6.92 Å². The van der Waals surface area contributed by atoms with Gasteiger partial charge in [0.15, 0.2) is 5.57 Å². The first-order chi connectivity index (χ1) is 8.90. The fourth-order valence-electron chi connectivity index (χ4n) is 3.36. The van der Waals surface area contributed by atoms with Gasteiger partial charge in [-0.05, 0) is 44.4 Å². The van der Waals surface area contributed by atoms with E-state index in [1.807, 2.05) is 0 Å². The van der Waals surface area contributed by atoms with Crippen molar-refractivity contribution in [3.8, 4) is 6.07 Å². The van der Waals surface area contributed by atoms with Crippen LogP contribution in [0.25, 0.3) is 0 Å². The number of rotatable bonds is 3. The molecular weight excluding hydrogens is 248 g/mol. The molecule has 0 spiro atoms. The van der Waals surface area contributed by atoms with E-state index < -0.39 is 28.7 Å². The summed E-state index contributed by atoms with van der Waals surface area (Å²) in [6.07, 6.45) is 2.98. The first-order valence-electron chi connectivity index (χ1n) is 6.26. The molecule has 2 aliphatic rings. The van der Waals surface area contributed by atoms with Gasteiger partial charge in [-0.3, -0.25) is 4.79 Å². The molecule has 19 heavy (non-hydrogen) atoms. The predicted octanol–water partition coefficient (Wildman–Crippen LogP) is 1.10. The zero-order valence-electron chi connectivity index (χ0n) is 10.6. The van der Waals surface area contributed by atoms with Gasteiger partial charge in [-0.15, -0.1) is 0 Å². The van der Waals surface area contributed by atoms with Crippen molar-refractivity contribution in [2.45, 2.75) is 38.1 Å². The number of amides is 1. The second kappa shape index (κ2) is 4.57. The predicted molar refractivity (Wildman–Crippen MR) is 64.9 cm³/mol. The molecule has 0 heterocycles. The molecule has 0 aromatic heterocycles. The number of nitrogens with zero attached hydrogens (tertiary/aromatic N) is 1. The molecule has 0 radical (unpaired) electrons. The van der Waals surface area contributed by atoms with Gasteiger partial charge in [0.2, 0.25) is 0 Å². The van der Waals surface area contributed by atoms with Crippen LogP contribution < -0.4 is 5.32 Å². The molecule has 3 atom stereocenters. The van der Waals surface area contributed by atoms with E-state index in [0.29, 0.717) is 12.3 Å². The Balaban J connectivity index is 2.25. The lowest BCUT2D eigenvalue weighted by molar-refractivity contribution is -0.149. The number of aliphatic hydroxyl groups excluding tert-OH is 1. The highest BCUT2D eigenvalue weighted by molar-refractivity contribution is 6.00. The van der Waals surface area contributed by atoms with Gasteiger partial charge in [0.1, 0.15) is 17.4 Å². The van der Waals surface area contributed by atoms with Crippen molar-refractivity contribution in [3.63, 3.8) is 0 Å². The second-order valence-corrected chi connectivity index (χ2v) is 5.38. The molecule has 2 saturated carbocycles. The third-order valence-corrected chi connectivity index (χ3v) is 4.27. The number of carbonyl (C=O) groups is 2. The monoisotopic (exact) mass is 264 g/mol. The number of hydrogen-bond donors (Lipinski definition) is 3. The molecule has 0 aliphatic heterocycles. The van der Waals surface area contributed by atoms with Crippen molar-refractivity contribution in [3.05, 3.63) is 11.3 Å². The fraction of sp³-hybridized carbons (Fsp3) is 0.615. The van der Waals surface area contributed by atoms with Crippen LogP contribution >= 0.6 is 0 Å². The summed E-state index contributed by atoms with van der Waals surface area (Å²) in [5, 5.41) is 30.0. The Bertz CT molecular complexity index is 501. The minimum absolute atomic E-state index is 0.0853. The van der Waals surface area contributed by atoms with Crippen molar-refractivity contribution < 1.29 is 19.8 Å². The summed E-state index contributed by atoms with van der Waals surface area (Å²) in [6, 6.07) is 1.60. The Morgan fingerprint density at radius 1 is 1.37 bits per heavy atom. The average molecular weight is 264 g/mol. The molecule has 2 bridgehead atoms. The highest BCUT2D eigenvalue weighted by Crippen LogP contribution is 2.51. The van der Waals surface area contributed by atoms with Crippen LogP contribution in [0.1, 0.15) is 32.6 Å². The first-order valence-corrected chi connectivity index (χ1v) is 6.26. The van der Waals surface area contributed by atoms with Crippen LogP contribution in [0.4, 0.5) is 0 Å². The fourth-order valence-corrected chi connectivity index (χ4v) is 3.36. The molecule has 0 aromatic rings. The first kappa shape index (κ1) is 13.4. The maximum Gasteiger partial charge on any atom is 0.329 e. The molecule has 2 aliphatic carbocycles. The normalized spacial score (nSPS) is 33.5. The molecule has 0 aromatic carbocycles. The third-order valence-electron chi connectivity index (χ3n) is 4.27. The molecule has 3 N–H and O–H groups in total. The minimum atomic E-state index is -1.28. The second-order valence-electron chi connectivity index (χ2n) is 5.38. The summed E-state index contributed by atoms with van der Waals surface area (Å²) in [7, 11) is 0. The van der Waals surface area contributed by atoms with Crippen molar-refractivity contribution >= 4 is 11.9 Å². The Labute approximate surface area is 110 Å². The number of hydrogen-bond acceptors (Lipinski definition) is 4. The Hall–Kier alpha value is -2.03. The summed E-state index contributed by atoms with van der Waals surface area (Å²) in [6.45, 7) is 1.23. The van der Waals surface area contributed by atoms with Gasteiger partial charge < -0.3 is 15.5 Å². The minimum Gasteiger partial charge on any atom is -0.511 e. The lowest BCUT2D eigenvalue weighted by atomic mass is 9.80. The van der Waals surface area contributed by atoms with Crippen molar-refractivity contribution in [1.29, 1.82) is 5.26 Å². The van der Waals surface area contributed by atoms with Crippen molar-refractivity contribution in [2.24, 2.45) is 11.8 Å². The average Bonchev–Trinajstić information content (AvgIpc) is 2.89. The molecule has 6 nitrogen and oxygen atoms in total. The van der Waals surface area contributed by atoms with Gasteiger partial charge in [0, 0.05) is 0 Å². The van der Waals surface area contributed by atoms with Crippen LogP contribution in [0.5, 0.6) is 0 Å². The Morgan fingerprint density at radius 3 is 2.42 bits per heavy atom. The Kier molecular flexibility index (Phi) is 3.23. The number of carboxylic acid groups (broad SMARTS) is 1. The molecule has 2 fully saturated rings. The summed E-state index contributed by atoms with van der Waals surface area (Å²) in [5.41, 5.74) is -1.71. The number of carboxylic acids is 1. The SMILES string of the molecule is CC(O)=C(C#N)C(=O)NC1(C(=O)O)CC2CCC1C2. The van der Waals surface area contributed by atoms with Crippen LogP contribution in [-0.4, -0.2) is 27.6 Å². The summed E-state index contributed by atoms with van der Waals surface area (Å²) in [4.78, 5) is 23.5. The standard InChI is InChI=1S/C13H16N2O4/c1-7(16)10(6-14)11(17)15-13(12(18)19)5-8-2-3-9(13)4-8/h8-9,16H,2-5H2,1H3,(H,15,17)(H,18,19). The van der Waals surface area contributed by atoms with Gasteiger partial charge in [0.05, 0.1) is 0 Å². The Morgan fingerprint density at radius 2 is 2.05 bits per heavy atom. The highest BCUT2D eigenvalue weighted by Gasteiger charge is 2.57. The molecule has 102 valence electrons. The zero-order valence-corrected chi connectivity index (χ0v) is 10.6. The van der Waals surface area contributed by atoms with Crippen LogP contribution in [0.3, 0.4) is 0 Å². The molecule has 6 heteroatoms. The van der Waals surface area contributed by atoms with Crippen LogP contribution in [0.2, 0.25) is 0 Å². The number of nitriles is 1. The van der Waals surface area contributed by atoms with E-state index in [4.69, 9.17) is 5.26 Å². The van der Waals surface area contributed by atoms with Crippen molar-refractivity contribution in [1.82, 2.24) is 5.32 Å². The molecule has 1 amide bonds. The van der Waals surface area contributed by atoms with Crippen LogP contribution in [0.15, 0.2) is 11.3 Å². The van der Waals surface area contributed by atoms with Crippen LogP contribution in [-0.2, 0) is 9.59 Å². The maximum absolute atomic E-state index is 11.9. The summed E-state index contributed by atoms with van der Waals surface area (Å²) < 4.78 is 0. The summed E-state index contributed by atoms with van der Waals surface area (Å²) >= 11 is 0. The smallest absolute Gasteiger partial charge is 0.329 e. The third kappa shape index (κ3) is 2.05.